The van der Waals surface area contributed by atoms with Crippen molar-refractivity contribution in [2.45, 2.75) is 25.9 Å². The number of nitrogens with zero attached hydrogens (tertiary/aromatic N) is 1. The van der Waals surface area contributed by atoms with Crippen molar-refractivity contribution in [1.29, 1.82) is 0 Å². The molecule has 2 rings (SSSR count). The first-order chi connectivity index (χ1) is 6.25. The highest BCUT2D eigenvalue weighted by Crippen LogP contribution is 2.35. The third-order valence-corrected chi connectivity index (χ3v) is 2.82. The van der Waals surface area contributed by atoms with E-state index in [1.807, 2.05) is 0 Å². The second-order valence-electron chi connectivity index (χ2n) is 4.44. The Balaban J connectivity index is 1.80. The van der Waals surface area contributed by atoms with Gasteiger partial charge in [-0.25, -0.2) is 0 Å². The van der Waals surface area contributed by atoms with Crippen molar-refractivity contribution in [2.24, 2.45) is 5.92 Å². The molecule has 74 valence electrons. The fourth-order valence-corrected chi connectivity index (χ4v) is 2.01. The number of hydrogen-bond acceptors (Lipinski definition) is 2. The van der Waals surface area contributed by atoms with E-state index in [2.05, 4.69) is 18.4 Å². The second-order valence-corrected chi connectivity index (χ2v) is 4.44. The molecular formula is C11H19NO. The molecule has 0 N–H and O–H groups in total. The van der Waals surface area contributed by atoms with Gasteiger partial charge in [0, 0.05) is 19.6 Å². The molecule has 13 heavy (non-hydrogen) atoms. The maximum atomic E-state index is 5.74. The number of rotatable bonds is 3. The van der Waals surface area contributed by atoms with Crippen LogP contribution in [-0.2, 0) is 4.74 Å². The van der Waals surface area contributed by atoms with E-state index in [1.54, 1.807) is 0 Å². The molecule has 0 radical (unpaired) electrons. The molecule has 0 amide bonds. The highest BCUT2D eigenvalue weighted by molar-refractivity contribution is 4.94. The monoisotopic (exact) mass is 181 g/mol. The zero-order chi connectivity index (χ0) is 9.26. The van der Waals surface area contributed by atoms with Crippen LogP contribution in [0.3, 0.4) is 0 Å². The van der Waals surface area contributed by atoms with Gasteiger partial charge in [-0.1, -0.05) is 12.2 Å². The highest BCUT2D eigenvalue weighted by atomic mass is 16.5. The van der Waals surface area contributed by atoms with Crippen LogP contribution in [0.25, 0.3) is 0 Å². The Morgan fingerprint density at radius 2 is 2.31 bits per heavy atom. The van der Waals surface area contributed by atoms with Crippen LogP contribution in [0, 0.1) is 5.92 Å². The minimum atomic E-state index is 0.521. The largest absolute Gasteiger partial charge is 0.375 e. The first kappa shape index (κ1) is 9.22. The van der Waals surface area contributed by atoms with Gasteiger partial charge in [0.1, 0.15) is 0 Å². The summed E-state index contributed by atoms with van der Waals surface area (Å²) in [6.07, 6.45) is 3.28. The fraction of sp³-hybridized carbons (Fsp3) is 0.818. The summed E-state index contributed by atoms with van der Waals surface area (Å²) < 4.78 is 5.74. The average Bonchev–Trinajstić information content (AvgIpc) is 2.85. The van der Waals surface area contributed by atoms with Crippen LogP contribution in [0.5, 0.6) is 0 Å². The van der Waals surface area contributed by atoms with Crippen LogP contribution in [0.1, 0.15) is 19.8 Å². The van der Waals surface area contributed by atoms with Gasteiger partial charge in [-0.3, -0.25) is 4.90 Å². The Bertz CT molecular complexity index is 198. The zero-order valence-electron chi connectivity index (χ0n) is 8.46. The first-order valence-corrected chi connectivity index (χ1v) is 5.24. The molecule has 0 aromatic rings. The van der Waals surface area contributed by atoms with Crippen molar-refractivity contribution in [1.82, 2.24) is 4.90 Å². The van der Waals surface area contributed by atoms with E-state index in [4.69, 9.17) is 4.74 Å². The lowest BCUT2D eigenvalue weighted by Gasteiger charge is -2.33. The quantitative estimate of drug-likeness (QED) is 0.614. The predicted octanol–water partition coefficient (Wildman–Crippen LogP) is 1.67. The van der Waals surface area contributed by atoms with Gasteiger partial charge in [-0.15, -0.1) is 0 Å². The van der Waals surface area contributed by atoms with E-state index in [0.717, 1.165) is 32.2 Å². The summed E-state index contributed by atoms with van der Waals surface area (Å²) >= 11 is 0. The topological polar surface area (TPSA) is 12.5 Å². The number of hydrogen-bond donors (Lipinski definition) is 0. The van der Waals surface area contributed by atoms with Crippen LogP contribution < -0.4 is 0 Å². The summed E-state index contributed by atoms with van der Waals surface area (Å²) in [5.41, 5.74) is 1.26. The fourth-order valence-electron chi connectivity index (χ4n) is 2.01. The zero-order valence-corrected chi connectivity index (χ0v) is 8.46. The molecule has 1 heterocycles. The Morgan fingerprint density at radius 3 is 2.92 bits per heavy atom. The van der Waals surface area contributed by atoms with Crippen molar-refractivity contribution in [3.63, 3.8) is 0 Å². The second kappa shape index (κ2) is 3.81. The molecule has 2 heteroatoms. The molecule has 1 aliphatic carbocycles. The summed E-state index contributed by atoms with van der Waals surface area (Å²) in [5, 5.41) is 0. The molecule has 0 bridgehead atoms. The smallest absolute Gasteiger partial charge is 0.0730 e. The molecular weight excluding hydrogens is 162 g/mol. The van der Waals surface area contributed by atoms with Crippen molar-refractivity contribution < 1.29 is 4.74 Å². The minimum absolute atomic E-state index is 0.521. The lowest BCUT2D eigenvalue weighted by atomic mass is 10.2. The van der Waals surface area contributed by atoms with Crippen LogP contribution in [0.15, 0.2) is 12.2 Å². The minimum Gasteiger partial charge on any atom is -0.375 e. The summed E-state index contributed by atoms with van der Waals surface area (Å²) in [6, 6.07) is 0. The van der Waals surface area contributed by atoms with Gasteiger partial charge >= 0.3 is 0 Å². The first-order valence-electron chi connectivity index (χ1n) is 5.24. The Kier molecular flexibility index (Phi) is 2.70. The van der Waals surface area contributed by atoms with E-state index >= 15 is 0 Å². The van der Waals surface area contributed by atoms with Gasteiger partial charge in [0.15, 0.2) is 0 Å². The molecule has 1 atom stereocenters. The Hall–Kier alpha value is -0.340. The summed E-state index contributed by atoms with van der Waals surface area (Å²) in [7, 11) is 0. The van der Waals surface area contributed by atoms with Gasteiger partial charge in [0.25, 0.3) is 0 Å². The van der Waals surface area contributed by atoms with Gasteiger partial charge in [-0.2, -0.15) is 0 Å². The molecule has 0 aromatic carbocycles. The maximum absolute atomic E-state index is 5.74. The van der Waals surface area contributed by atoms with Gasteiger partial charge in [-0.05, 0) is 25.7 Å². The lowest BCUT2D eigenvalue weighted by Crippen LogP contribution is -2.43. The SMILES string of the molecule is C=C(C)CN1CCOC(C2CC2)C1. The van der Waals surface area contributed by atoms with E-state index < -0.39 is 0 Å². The molecule has 1 aliphatic heterocycles. The predicted molar refractivity (Wildman–Crippen MR) is 53.7 cm³/mol. The lowest BCUT2D eigenvalue weighted by molar-refractivity contribution is -0.0361. The van der Waals surface area contributed by atoms with Gasteiger partial charge < -0.3 is 4.74 Å². The highest BCUT2D eigenvalue weighted by Gasteiger charge is 2.34. The van der Waals surface area contributed by atoms with Crippen molar-refractivity contribution in [3.8, 4) is 0 Å². The van der Waals surface area contributed by atoms with Crippen LogP contribution >= 0.6 is 0 Å². The van der Waals surface area contributed by atoms with Crippen LogP contribution in [0.4, 0.5) is 0 Å². The van der Waals surface area contributed by atoms with Crippen molar-refractivity contribution in [2.75, 3.05) is 26.2 Å². The molecule has 0 aromatic heterocycles. The van der Waals surface area contributed by atoms with Crippen LogP contribution in [0.2, 0.25) is 0 Å². The van der Waals surface area contributed by atoms with Gasteiger partial charge in [0.05, 0.1) is 12.7 Å². The third-order valence-electron chi connectivity index (χ3n) is 2.82. The normalized spacial score (nSPS) is 30.4. The molecule has 0 spiro atoms. The molecule has 2 fully saturated rings. The van der Waals surface area contributed by atoms with Gasteiger partial charge in [0.2, 0.25) is 0 Å². The van der Waals surface area contributed by atoms with E-state index in [-0.39, 0.29) is 0 Å². The Labute approximate surface area is 80.6 Å². The molecule has 1 unspecified atom stereocenters. The summed E-state index contributed by atoms with van der Waals surface area (Å²) in [4.78, 5) is 2.47. The van der Waals surface area contributed by atoms with Crippen molar-refractivity contribution in [3.05, 3.63) is 12.2 Å². The number of ether oxygens (including phenoxy) is 1. The molecule has 1 saturated carbocycles. The van der Waals surface area contributed by atoms with E-state index in [0.29, 0.717) is 6.10 Å². The summed E-state index contributed by atoms with van der Waals surface area (Å²) in [6.45, 7) is 10.2. The number of morpholine rings is 1. The van der Waals surface area contributed by atoms with E-state index in [9.17, 15) is 0 Å². The third kappa shape index (κ3) is 2.55. The molecule has 2 aliphatic rings. The van der Waals surface area contributed by atoms with Crippen molar-refractivity contribution >= 4 is 0 Å². The maximum Gasteiger partial charge on any atom is 0.0730 e. The summed E-state index contributed by atoms with van der Waals surface area (Å²) in [5.74, 6) is 0.868. The molecule has 2 nitrogen and oxygen atoms in total. The van der Waals surface area contributed by atoms with Crippen LogP contribution in [-0.4, -0.2) is 37.2 Å². The average molecular weight is 181 g/mol. The molecule has 1 saturated heterocycles. The van der Waals surface area contributed by atoms with E-state index in [1.165, 1.54) is 18.4 Å². The Morgan fingerprint density at radius 1 is 1.54 bits per heavy atom. The standard InChI is InChI=1S/C11H19NO/c1-9(2)7-12-5-6-13-11(8-12)10-3-4-10/h10-11H,1,3-8H2,2H3.